The maximum Gasteiger partial charge on any atom is 0.239 e. The molecule has 82 valence electrons. The van der Waals surface area contributed by atoms with Gasteiger partial charge in [0.05, 0.1) is 6.04 Å². The van der Waals surface area contributed by atoms with Crippen LogP contribution in [0, 0.1) is 5.92 Å². The minimum Gasteiger partial charge on any atom is -0.396 e. The van der Waals surface area contributed by atoms with Crippen molar-refractivity contribution in [1.29, 1.82) is 0 Å². The van der Waals surface area contributed by atoms with E-state index in [0.717, 1.165) is 19.4 Å². The monoisotopic (exact) mass is 200 g/mol. The van der Waals surface area contributed by atoms with E-state index in [0.29, 0.717) is 0 Å². The van der Waals surface area contributed by atoms with E-state index in [1.165, 1.54) is 0 Å². The molecule has 0 spiro atoms. The molecule has 0 aromatic rings. The highest BCUT2D eigenvalue weighted by Crippen LogP contribution is 2.17. The van der Waals surface area contributed by atoms with Gasteiger partial charge in [0.25, 0.3) is 0 Å². The molecule has 0 aliphatic carbocycles. The summed E-state index contributed by atoms with van der Waals surface area (Å²) in [6, 6.07) is -0.254. The number of nitrogens with two attached hydrogens (primary N) is 1. The van der Waals surface area contributed by atoms with Crippen LogP contribution in [-0.4, -0.2) is 41.1 Å². The van der Waals surface area contributed by atoms with Gasteiger partial charge in [-0.1, -0.05) is 6.92 Å². The molecule has 1 rings (SSSR count). The summed E-state index contributed by atoms with van der Waals surface area (Å²) in [5.41, 5.74) is 5.69. The second kappa shape index (κ2) is 4.75. The fourth-order valence-electron chi connectivity index (χ4n) is 1.79. The number of amides is 1. The zero-order valence-electron chi connectivity index (χ0n) is 8.94. The molecule has 0 radical (unpaired) electrons. The number of rotatable bonds is 3. The summed E-state index contributed by atoms with van der Waals surface area (Å²) in [5, 5.41) is 9.02. The van der Waals surface area contributed by atoms with Gasteiger partial charge >= 0.3 is 0 Å². The normalized spacial score (nSPS) is 27.6. The summed E-state index contributed by atoms with van der Waals surface area (Å²) >= 11 is 0. The van der Waals surface area contributed by atoms with Gasteiger partial charge in [-0.05, 0) is 25.7 Å². The molecule has 4 heteroatoms. The number of piperidine rings is 1. The Labute approximate surface area is 85.1 Å². The molecule has 0 bridgehead atoms. The van der Waals surface area contributed by atoms with Crippen molar-refractivity contribution in [1.82, 2.24) is 4.90 Å². The van der Waals surface area contributed by atoms with E-state index >= 15 is 0 Å². The van der Waals surface area contributed by atoms with Crippen molar-refractivity contribution < 1.29 is 9.90 Å². The van der Waals surface area contributed by atoms with Crippen molar-refractivity contribution >= 4 is 5.91 Å². The van der Waals surface area contributed by atoms with Gasteiger partial charge in [-0.3, -0.25) is 4.79 Å². The van der Waals surface area contributed by atoms with Gasteiger partial charge in [-0.25, -0.2) is 0 Å². The molecule has 1 fully saturated rings. The third-order valence-electron chi connectivity index (χ3n) is 3.12. The van der Waals surface area contributed by atoms with Crippen LogP contribution in [0.3, 0.4) is 0 Å². The first-order valence-electron chi connectivity index (χ1n) is 5.24. The zero-order chi connectivity index (χ0) is 10.7. The predicted molar refractivity (Wildman–Crippen MR) is 54.6 cm³/mol. The maximum atomic E-state index is 11.7. The number of likely N-dealkylation sites (tertiary alicyclic amines) is 1. The molecule has 0 aromatic heterocycles. The van der Waals surface area contributed by atoms with Crippen LogP contribution in [0.4, 0.5) is 0 Å². The summed E-state index contributed by atoms with van der Waals surface area (Å²) < 4.78 is 0. The van der Waals surface area contributed by atoms with Gasteiger partial charge in [0.2, 0.25) is 5.91 Å². The zero-order valence-corrected chi connectivity index (χ0v) is 8.94. The van der Waals surface area contributed by atoms with E-state index in [2.05, 4.69) is 0 Å². The fraction of sp³-hybridized carbons (Fsp3) is 0.900. The molecule has 0 aromatic carbocycles. The largest absolute Gasteiger partial charge is 0.396 e. The van der Waals surface area contributed by atoms with Crippen LogP contribution >= 0.6 is 0 Å². The number of carbonyl (C=O) groups is 1. The molecule has 0 saturated carbocycles. The highest BCUT2D eigenvalue weighted by Gasteiger charge is 2.30. The Kier molecular flexibility index (Phi) is 3.89. The van der Waals surface area contributed by atoms with Gasteiger partial charge in [0.1, 0.15) is 0 Å². The average molecular weight is 200 g/mol. The number of nitrogens with zero attached hydrogens (tertiary/aromatic N) is 1. The summed E-state index contributed by atoms with van der Waals surface area (Å²) in [6.07, 6.45) is 1.75. The minimum atomic E-state index is -0.336. The molecule has 14 heavy (non-hydrogen) atoms. The van der Waals surface area contributed by atoms with Crippen molar-refractivity contribution in [3.8, 4) is 0 Å². The quantitative estimate of drug-likeness (QED) is 0.671. The van der Waals surface area contributed by atoms with Crippen molar-refractivity contribution in [3.63, 3.8) is 0 Å². The molecule has 1 saturated heterocycles. The Morgan fingerprint density at radius 3 is 2.86 bits per heavy atom. The van der Waals surface area contributed by atoms with Crippen LogP contribution < -0.4 is 5.73 Å². The van der Waals surface area contributed by atoms with E-state index < -0.39 is 0 Å². The Hall–Kier alpha value is -0.610. The molecule has 1 aliphatic rings. The Morgan fingerprint density at radius 1 is 1.64 bits per heavy atom. The van der Waals surface area contributed by atoms with Gasteiger partial charge in [-0.2, -0.15) is 0 Å². The van der Waals surface area contributed by atoms with E-state index in [-0.39, 0.29) is 30.5 Å². The van der Waals surface area contributed by atoms with Crippen LogP contribution in [0.2, 0.25) is 0 Å². The van der Waals surface area contributed by atoms with E-state index in [9.17, 15) is 4.79 Å². The van der Waals surface area contributed by atoms with Crippen LogP contribution in [0.5, 0.6) is 0 Å². The lowest BCUT2D eigenvalue weighted by molar-refractivity contribution is -0.138. The molecular weight excluding hydrogens is 180 g/mol. The van der Waals surface area contributed by atoms with Crippen molar-refractivity contribution in [3.05, 3.63) is 0 Å². The lowest BCUT2D eigenvalue weighted by atomic mass is 9.98. The van der Waals surface area contributed by atoms with Crippen LogP contribution in [0.15, 0.2) is 0 Å². The van der Waals surface area contributed by atoms with Crippen molar-refractivity contribution in [2.45, 2.75) is 38.8 Å². The topological polar surface area (TPSA) is 66.6 Å². The first kappa shape index (κ1) is 11.5. The number of hydrogen-bond donors (Lipinski definition) is 2. The smallest absolute Gasteiger partial charge is 0.239 e. The molecule has 3 atom stereocenters. The van der Waals surface area contributed by atoms with E-state index in [1.807, 2.05) is 13.8 Å². The number of aliphatic hydroxyl groups excluding tert-OH is 1. The highest BCUT2D eigenvalue weighted by molar-refractivity contribution is 5.82. The summed E-state index contributed by atoms with van der Waals surface area (Å²) in [6.45, 7) is 4.80. The van der Waals surface area contributed by atoms with Crippen molar-refractivity contribution in [2.24, 2.45) is 11.7 Å². The first-order chi connectivity index (χ1) is 6.57. The van der Waals surface area contributed by atoms with Crippen LogP contribution in [0.1, 0.15) is 26.7 Å². The van der Waals surface area contributed by atoms with Gasteiger partial charge < -0.3 is 15.7 Å². The molecule has 1 aliphatic heterocycles. The Morgan fingerprint density at radius 2 is 2.29 bits per heavy atom. The van der Waals surface area contributed by atoms with E-state index in [4.69, 9.17) is 10.8 Å². The number of carbonyl (C=O) groups excluding carboxylic acids is 1. The Balaban J connectivity index is 2.61. The van der Waals surface area contributed by atoms with Gasteiger partial charge in [0.15, 0.2) is 0 Å². The maximum absolute atomic E-state index is 11.7. The minimum absolute atomic E-state index is 0.0315. The summed E-state index contributed by atoms with van der Waals surface area (Å²) in [7, 11) is 0. The molecule has 1 amide bonds. The van der Waals surface area contributed by atoms with E-state index in [1.54, 1.807) is 4.90 Å². The Bertz CT molecular complexity index is 208. The van der Waals surface area contributed by atoms with Crippen molar-refractivity contribution in [2.75, 3.05) is 13.2 Å². The third kappa shape index (κ3) is 2.25. The number of aliphatic hydroxyl groups is 1. The van der Waals surface area contributed by atoms with Gasteiger partial charge in [-0.15, -0.1) is 0 Å². The van der Waals surface area contributed by atoms with Crippen LogP contribution in [-0.2, 0) is 4.79 Å². The molecule has 3 N–H and O–H groups in total. The SMILES string of the molecule is CC(CO)C(C)N1CCCC(N)C1=O. The second-order valence-electron chi connectivity index (χ2n) is 4.18. The van der Waals surface area contributed by atoms with Crippen LogP contribution in [0.25, 0.3) is 0 Å². The second-order valence-corrected chi connectivity index (χ2v) is 4.18. The molecule has 4 nitrogen and oxygen atoms in total. The molecule has 3 unspecified atom stereocenters. The lowest BCUT2D eigenvalue weighted by Gasteiger charge is -2.37. The molecule has 1 heterocycles. The van der Waals surface area contributed by atoms with Gasteiger partial charge in [0, 0.05) is 19.2 Å². The predicted octanol–water partition coefficient (Wildman–Crippen LogP) is -0.0470. The lowest BCUT2D eigenvalue weighted by Crippen LogP contribution is -2.53. The fourth-order valence-corrected chi connectivity index (χ4v) is 1.79. The standard InChI is InChI=1S/C10H20N2O2/c1-7(6-13)8(2)12-5-3-4-9(11)10(12)14/h7-9,13H,3-6,11H2,1-2H3. The average Bonchev–Trinajstić information content (AvgIpc) is 2.20. The third-order valence-corrected chi connectivity index (χ3v) is 3.12. The summed E-state index contributed by atoms with van der Waals surface area (Å²) in [4.78, 5) is 13.5. The summed E-state index contributed by atoms with van der Waals surface area (Å²) in [5.74, 6) is 0.147. The molecular formula is C10H20N2O2. The number of hydrogen-bond acceptors (Lipinski definition) is 3. The highest BCUT2D eigenvalue weighted by atomic mass is 16.3. The first-order valence-corrected chi connectivity index (χ1v) is 5.24.